The van der Waals surface area contributed by atoms with Crippen LogP contribution in [0.15, 0.2) is 0 Å². The molecule has 15 heteroatoms. The molecule has 3 rings (SSSR count). The Balaban J connectivity index is -0.000000258. The van der Waals surface area contributed by atoms with Gasteiger partial charge in [0.25, 0.3) is 0 Å². The van der Waals surface area contributed by atoms with E-state index < -0.39 is 15.5 Å². The summed E-state index contributed by atoms with van der Waals surface area (Å²) in [6, 6.07) is 0. The van der Waals surface area contributed by atoms with Crippen LogP contribution in [0.2, 0.25) is 0 Å². The molecule has 0 amide bonds. The van der Waals surface area contributed by atoms with E-state index in [0.717, 1.165) is 52.0 Å². The van der Waals surface area contributed by atoms with E-state index in [0.29, 0.717) is 55.7 Å². The number of carboxylic acid groups (broad SMARTS) is 1. The van der Waals surface area contributed by atoms with Crippen LogP contribution in [0.5, 0.6) is 0 Å². The maximum atomic E-state index is 11.9. The van der Waals surface area contributed by atoms with E-state index in [-0.39, 0.29) is 49.0 Å². The van der Waals surface area contributed by atoms with Crippen LogP contribution in [0.25, 0.3) is 0 Å². The van der Waals surface area contributed by atoms with Gasteiger partial charge in [-0.1, -0.05) is 54.4 Å². The fraction of sp³-hybridized carbons (Fsp3) is 0.867. The molecule has 3 aliphatic heterocycles. The summed E-state index contributed by atoms with van der Waals surface area (Å²) in [5, 5.41) is 10.2. The molecule has 6 atom stereocenters. The van der Waals surface area contributed by atoms with E-state index in [2.05, 4.69) is 117 Å². The summed E-state index contributed by atoms with van der Waals surface area (Å²) >= 11 is 9.54. The third-order valence-corrected chi connectivity index (χ3v) is 9.09. The third-order valence-electron chi connectivity index (χ3n) is 8.29. The van der Waals surface area contributed by atoms with Gasteiger partial charge < -0.3 is 19.8 Å². The Kier molecular flexibility index (Phi) is 37.4. The fourth-order valence-electron chi connectivity index (χ4n) is 6.10. The van der Waals surface area contributed by atoms with Crippen molar-refractivity contribution in [1.29, 1.82) is 0 Å². The van der Waals surface area contributed by atoms with Crippen LogP contribution in [-0.2, 0) is 23.9 Å². The van der Waals surface area contributed by atoms with Crippen LogP contribution in [0.4, 0.5) is 0 Å². The summed E-state index contributed by atoms with van der Waals surface area (Å²) in [6.45, 7) is 13.8. The van der Waals surface area contributed by atoms with Gasteiger partial charge in [0.05, 0.1) is 5.92 Å². The summed E-state index contributed by atoms with van der Waals surface area (Å²) < 4.78 is 11.5. The van der Waals surface area contributed by atoms with Crippen molar-refractivity contribution in [1.82, 2.24) is 14.7 Å². The Bertz CT molecular complexity index is 934. The maximum absolute atomic E-state index is 11.9. The second-order valence-electron chi connectivity index (χ2n) is 12.0. The molecule has 8 nitrogen and oxygen atoms in total. The summed E-state index contributed by atoms with van der Waals surface area (Å²) in [4.78, 5) is 40.6. The number of hydrogen-bond acceptors (Lipinski definition) is 7. The molecule has 0 aliphatic carbocycles. The molecular weight excluding hydrogens is 1280 g/mol. The van der Waals surface area contributed by atoms with Crippen molar-refractivity contribution >= 4 is 131 Å². The van der Waals surface area contributed by atoms with Gasteiger partial charge in [0, 0.05) is 113 Å². The van der Waals surface area contributed by atoms with E-state index in [1.807, 2.05) is 21.0 Å². The predicted octanol–water partition coefficient (Wildman–Crippen LogP) is 4.50. The number of ketones is 2. The van der Waals surface area contributed by atoms with Crippen molar-refractivity contribution < 1.29 is 37.0 Å². The predicted molar refractivity (Wildman–Crippen MR) is 237 cm³/mol. The molecule has 3 fully saturated rings. The van der Waals surface area contributed by atoms with Crippen LogP contribution in [0.3, 0.4) is 0 Å². The summed E-state index contributed by atoms with van der Waals surface area (Å²) in [7, 11) is 4.06. The van der Waals surface area contributed by atoms with Crippen LogP contribution < -0.4 is 13.3 Å². The Morgan fingerprint density at radius 1 is 0.756 bits per heavy atom. The number of nitrogens with zero attached hydrogens (tertiary/aromatic N) is 3. The molecule has 0 radical (unpaired) electrons. The normalized spacial score (nSPS) is 26.2. The van der Waals surface area contributed by atoms with Crippen molar-refractivity contribution in [3.63, 3.8) is 0 Å². The van der Waals surface area contributed by atoms with Gasteiger partial charge in [-0.15, -0.1) is 24.0 Å². The first-order valence-electron chi connectivity index (χ1n) is 14.7. The van der Waals surface area contributed by atoms with Gasteiger partial charge >= 0.3 is 56.5 Å². The first-order valence-corrected chi connectivity index (χ1v) is 36.0. The number of Topliss-reactive ketones (excluding diaryl/α,β-unsaturated/α-hetero) is 2. The number of carbonyl (C=O) groups is 3. The monoisotopic (exact) mass is 1340 g/mol. The first-order chi connectivity index (χ1) is 20.1. The Morgan fingerprint density at radius 3 is 1.36 bits per heavy atom. The quantitative estimate of drug-likeness (QED) is 0.281. The Morgan fingerprint density at radius 2 is 1.07 bits per heavy atom. The van der Waals surface area contributed by atoms with Gasteiger partial charge in [-0.2, -0.15) is 0 Å². The van der Waals surface area contributed by atoms with Gasteiger partial charge in [0.2, 0.25) is 0 Å². The second-order valence-corrected chi connectivity index (χ2v) is 31.1. The number of rotatable bonds is 8. The minimum atomic E-state index is -2.05. The summed E-state index contributed by atoms with van der Waals surface area (Å²) in [5.41, 5.74) is 0. The molecule has 0 spiro atoms. The molecule has 1 unspecified atom stereocenters. The Hall–Kier alpha value is 3.09. The number of hydrogen-bond donors (Lipinski definition) is 1. The van der Waals surface area contributed by atoms with Crippen molar-refractivity contribution in [2.75, 3.05) is 72.9 Å². The van der Waals surface area contributed by atoms with Gasteiger partial charge in [-0.25, -0.2) is 0 Å². The number of likely N-dealkylation sites (tertiary alicyclic amines) is 3. The SMILES string of the molecule is C.CCC(=O)[C@H]1CN(C)C[C@H]1CC.CC[C@@H]1CN(C)CC1C(=O)C=S(C)(C)=O.CC[C@@H]1CN(C)C[C@@H]1C(=O)O.I.II.I[I-]I. The molecule has 3 heterocycles. The second kappa shape index (κ2) is 30.7. The molecule has 3 aliphatic rings. The molecule has 274 valence electrons. The van der Waals surface area contributed by atoms with E-state index in [9.17, 15) is 18.6 Å². The zero-order valence-corrected chi connectivity index (χ0v) is 41.7. The zero-order chi connectivity index (χ0) is 33.9. The number of aliphatic carboxylic acids is 1. The first kappa shape index (κ1) is 54.9. The molecule has 0 bridgehead atoms. The molecule has 0 aromatic rings. The standard InChI is InChI=1S/C11H21NO2S.C10H19NO.C8H15NO2.CH4.I3.I2.HI/c1-5-9-6-12(2)7-10(9)11(13)8-15(3,4)14;1-4-8-6-11(3)7-9(8)10(12)5-2;1-3-6-4-9(2)5-7(6)8(10)11;;1-3-2;1-2;/h8-10H,5-7H2,1-4H3;8-9H,4-7H2,1-3H3;6-7H,3-5H2,1-2H3,(H,10,11);1H4;;;1H/q;;;;-1;;/t9-,10?;8-,9+;6-,7+;;;;/m111..../s1. The zero-order valence-electron chi connectivity index (χ0n) is 27.7. The molecule has 0 aromatic carbocycles. The summed E-state index contributed by atoms with van der Waals surface area (Å²) in [6.07, 6.45) is 7.06. The van der Waals surface area contributed by atoms with Crippen molar-refractivity contribution in [3.05, 3.63) is 0 Å². The van der Waals surface area contributed by atoms with E-state index in [1.165, 1.54) is 5.37 Å². The average molecular weight is 1340 g/mol. The van der Waals surface area contributed by atoms with Crippen LogP contribution in [0, 0.1) is 35.5 Å². The molecule has 0 aromatic heterocycles. The third kappa shape index (κ3) is 23.3. The molecule has 45 heavy (non-hydrogen) atoms. The van der Waals surface area contributed by atoms with Crippen molar-refractivity contribution in [2.24, 2.45) is 35.5 Å². The van der Waals surface area contributed by atoms with Crippen LogP contribution in [-0.4, -0.2) is 120 Å². The fourth-order valence-corrected chi connectivity index (χ4v) is 6.83. The van der Waals surface area contributed by atoms with Gasteiger partial charge in [0.15, 0.2) is 5.78 Å². The average Bonchev–Trinajstić information content (AvgIpc) is 3.64. The van der Waals surface area contributed by atoms with E-state index in [1.54, 1.807) is 12.5 Å². The van der Waals surface area contributed by atoms with Gasteiger partial charge in [-0.3, -0.25) is 18.6 Å². The minimum absolute atomic E-state index is 0. The number of carboxylic acids is 1. The Labute approximate surface area is 346 Å². The number of carbonyl (C=O) groups excluding carboxylic acids is 2. The van der Waals surface area contributed by atoms with E-state index >= 15 is 0 Å². The molecule has 3 saturated heterocycles. The molecule has 1 N–H and O–H groups in total. The molecular formula is C30H60I6N3O5S-. The van der Waals surface area contributed by atoms with Gasteiger partial charge in [0.1, 0.15) is 5.78 Å². The van der Waals surface area contributed by atoms with Crippen LogP contribution >= 0.6 is 98.4 Å². The summed E-state index contributed by atoms with van der Waals surface area (Å²) in [5.74, 6) is 1.53. The molecule has 0 saturated carbocycles. The van der Waals surface area contributed by atoms with Crippen molar-refractivity contribution in [2.45, 2.75) is 60.8 Å². The van der Waals surface area contributed by atoms with Crippen LogP contribution in [0.1, 0.15) is 60.8 Å². The number of halogens is 6. The van der Waals surface area contributed by atoms with E-state index in [4.69, 9.17) is 5.11 Å². The topological polar surface area (TPSA) is 98.2 Å². The van der Waals surface area contributed by atoms with Gasteiger partial charge in [-0.05, 0) is 48.4 Å². The van der Waals surface area contributed by atoms with Crippen molar-refractivity contribution in [3.8, 4) is 0 Å².